The first-order valence-corrected chi connectivity index (χ1v) is 8.00. The number of aromatic amines is 1. The van der Waals surface area contributed by atoms with Crippen LogP contribution in [0, 0.1) is 5.82 Å². The van der Waals surface area contributed by atoms with Crippen LogP contribution in [0.1, 0.15) is 16.7 Å². The van der Waals surface area contributed by atoms with E-state index in [1.165, 1.54) is 6.07 Å². The summed E-state index contributed by atoms with van der Waals surface area (Å²) in [7, 11) is 3.28. The first kappa shape index (κ1) is 15.5. The Kier molecular flexibility index (Phi) is 3.80. The molecule has 1 aliphatic carbocycles. The molecule has 1 aromatic heterocycles. The molecule has 0 radical (unpaired) electrons. The van der Waals surface area contributed by atoms with E-state index in [-0.39, 0.29) is 5.82 Å². The summed E-state index contributed by atoms with van der Waals surface area (Å²) in [5, 5.41) is 10.8. The van der Waals surface area contributed by atoms with Crippen LogP contribution in [0.5, 0.6) is 11.5 Å². The van der Waals surface area contributed by atoms with E-state index in [1.54, 1.807) is 26.4 Å². The normalized spacial score (nSPS) is 11.8. The lowest BCUT2D eigenvalue weighted by atomic mass is 10.1. The number of hydrogen-bond acceptors (Lipinski definition) is 4. The highest BCUT2D eigenvalue weighted by atomic mass is 19.1. The van der Waals surface area contributed by atoms with E-state index in [9.17, 15) is 4.39 Å². The molecule has 0 bridgehead atoms. The van der Waals surface area contributed by atoms with Gasteiger partial charge in [0, 0.05) is 29.7 Å². The zero-order chi connectivity index (χ0) is 17.4. The SMILES string of the molecule is COc1ccc(OC)c(CNc2n[nH]c3c2Cc2cc(F)ccc2-3)c1. The molecule has 0 atom stereocenters. The molecular weight excluding hydrogens is 321 g/mol. The number of nitrogens with zero attached hydrogens (tertiary/aromatic N) is 1. The molecule has 0 amide bonds. The Balaban J connectivity index is 1.58. The number of halogens is 1. The van der Waals surface area contributed by atoms with Gasteiger partial charge in [-0.25, -0.2) is 4.39 Å². The molecule has 1 heterocycles. The molecule has 0 unspecified atom stereocenters. The van der Waals surface area contributed by atoms with Crippen LogP contribution in [0.4, 0.5) is 10.2 Å². The number of nitrogens with one attached hydrogen (secondary N) is 2. The minimum absolute atomic E-state index is 0.215. The largest absolute Gasteiger partial charge is 0.497 e. The van der Waals surface area contributed by atoms with Gasteiger partial charge in [0.2, 0.25) is 0 Å². The van der Waals surface area contributed by atoms with Crippen molar-refractivity contribution in [3.8, 4) is 22.8 Å². The number of benzene rings is 2. The lowest BCUT2D eigenvalue weighted by Crippen LogP contribution is -2.04. The van der Waals surface area contributed by atoms with E-state index in [1.807, 2.05) is 18.2 Å². The van der Waals surface area contributed by atoms with Gasteiger partial charge in [-0.15, -0.1) is 0 Å². The summed E-state index contributed by atoms with van der Waals surface area (Å²) in [6.07, 6.45) is 0.663. The quantitative estimate of drug-likeness (QED) is 0.581. The van der Waals surface area contributed by atoms with Crippen LogP contribution in [-0.2, 0) is 13.0 Å². The second-order valence-electron chi connectivity index (χ2n) is 5.94. The van der Waals surface area contributed by atoms with Crippen LogP contribution in [-0.4, -0.2) is 24.4 Å². The lowest BCUT2D eigenvalue weighted by molar-refractivity contribution is 0.399. The van der Waals surface area contributed by atoms with Gasteiger partial charge in [0.05, 0.1) is 19.9 Å². The highest BCUT2D eigenvalue weighted by Gasteiger charge is 2.24. The van der Waals surface area contributed by atoms with Gasteiger partial charge in [-0.05, 0) is 42.0 Å². The Morgan fingerprint density at radius 1 is 1.16 bits per heavy atom. The molecule has 0 saturated carbocycles. The maximum absolute atomic E-state index is 13.4. The summed E-state index contributed by atoms with van der Waals surface area (Å²) < 4.78 is 24.1. The third kappa shape index (κ3) is 2.69. The summed E-state index contributed by atoms with van der Waals surface area (Å²) in [6.45, 7) is 0.544. The van der Waals surface area contributed by atoms with Crippen molar-refractivity contribution in [3.05, 3.63) is 58.9 Å². The number of fused-ring (bicyclic) bond motifs is 3. The van der Waals surface area contributed by atoms with Gasteiger partial charge in [0.25, 0.3) is 0 Å². The van der Waals surface area contributed by atoms with Gasteiger partial charge in [0.1, 0.15) is 17.3 Å². The zero-order valence-corrected chi connectivity index (χ0v) is 14.0. The number of rotatable bonds is 5. The van der Waals surface area contributed by atoms with Gasteiger partial charge < -0.3 is 14.8 Å². The minimum atomic E-state index is -0.215. The summed E-state index contributed by atoms with van der Waals surface area (Å²) in [4.78, 5) is 0. The Morgan fingerprint density at radius 2 is 2.04 bits per heavy atom. The summed E-state index contributed by atoms with van der Waals surface area (Å²) in [5.41, 5.74) is 4.97. The van der Waals surface area contributed by atoms with E-state index in [4.69, 9.17) is 9.47 Å². The Bertz CT molecular complexity index is 936. The van der Waals surface area contributed by atoms with E-state index in [0.29, 0.717) is 13.0 Å². The molecule has 2 aromatic carbocycles. The fourth-order valence-electron chi connectivity index (χ4n) is 3.25. The van der Waals surface area contributed by atoms with Crippen molar-refractivity contribution >= 4 is 5.82 Å². The van der Waals surface area contributed by atoms with Crippen LogP contribution in [0.2, 0.25) is 0 Å². The second kappa shape index (κ2) is 6.12. The highest BCUT2D eigenvalue weighted by molar-refractivity contribution is 5.78. The standard InChI is InChI=1S/C19H18FN3O2/c1-24-14-4-6-17(25-2)12(8-14)10-21-19-16-9-11-7-13(20)3-5-15(11)18(16)22-23-19/h3-8H,9-10H2,1-2H3,(H2,21,22,23). The number of H-pyrrole nitrogens is 1. The maximum atomic E-state index is 13.4. The molecule has 2 N–H and O–H groups in total. The van der Waals surface area contributed by atoms with Crippen molar-refractivity contribution < 1.29 is 13.9 Å². The monoisotopic (exact) mass is 339 g/mol. The average Bonchev–Trinajstić information content (AvgIpc) is 3.18. The fourth-order valence-corrected chi connectivity index (χ4v) is 3.25. The van der Waals surface area contributed by atoms with Crippen molar-refractivity contribution in [3.63, 3.8) is 0 Å². The summed E-state index contributed by atoms with van der Waals surface area (Å²) in [5.74, 6) is 2.11. The molecule has 128 valence electrons. The lowest BCUT2D eigenvalue weighted by Gasteiger charge is -2.11. The third-order valence-corrected chi connectivity index (χ3v) is 4.50. The van der Waals surface area contributed by atoms with E-state index in [2.05, 4.69) is 15.5 Å². The van der Waals surface area contributed by atoms with Crippen LogP contribution in [0.15, 0.2) is 36.4 Å². The molecular formula is C19H18FN3O2. The van der Waals surface area contributed by atoms with E-state index in [0.717, 1.165) is 45.3 Å². The molecule has 1 aliphatic rings. The Labute approximate surface area is 144 Å². The van der Waals surface area contributed by atoms with Crippen molar-refractivity contribution in [1.29, 1.82) is 0 Å². The molecule has 0 fully saturated rings. The first-order chi connectivity index (χ1) is 12.2. The zero-order valence-electron chi connectivity index (χ0n) is 14.0. The van der Waals surface area contributed by atoms with Crippen molar-refractivity contribution in [2.75, 3.05) is 19.5 Å². The smallest absolute Gasteiger partial charge is 0.152 e. The van der Waals surface area contributed by atoms with Crippen molar-refractivity contribution in [2.24, 2.45) is 0 Å². The molecule has 0 aliphatic heterocycles. The third-order valence-electron chi connectivity index (χ3n) is 4.50. The van der Waals surface area contributed by atoms with Crippen LogP contribution in [0.3, 0.4) is 0 Å². The molecule has 6 heteroatoms. The first-order valence-electron chi connectivity index (χ1n) is 8.00. The Morgan fingerprint density at radius 3 is 2.84 bits per heavy atom. The average molecular weight is 339 g/mol. The van der Waals surface area contributed by atoms with Gasteiger partial charge in [-0.3, -0.25) is 5.10 Å². The maximum Gasteiger partial charge on any atom is 0.152 e. The molecule has 0 spiro atoms. The molecule has 3 aromatic rings. The number of anilines is 1. The number of ether oxygens (including phenoxy) is 2. The molecule has 0 saturated heterocycles. The predicted molar refractivity (Wildman–Crippen MR) is 93.7 cm³/mol. The minimum Gasteiger partial charge on any atom is -0.497 e. The van der Waals surface area contributed by atoms with Gasteiger partial charge in [0.15, 0.2) is 5.82 Å². The van der Waals surface area contributed by atoms with Crippen LogP contribution < -0.4 is 14.8 Å². The number of aromatic nitrogens is 2. The second-order valence-corrected chi connectivity index (χ2v) is 5.94. The molecule has 25 heavy (non-hydrogen) atoms. The predicted octanol–water partition coefficient (Wildman–Crippen LogP) is 3.75. The van der Waals surface area contributed by atoms with E-state index < -0.39 is 0 Å². The van der Waals surface area contributed by atoms with Gasteiger partial charge in [-0.1, -0.05) is 0 Å². The summed E-state index contributed by atoms with van der Waals surface area (Å²) in [6, 6.07) is 10.5. The van der Waals surface area contributed by atoms with E-state index >= 15 is 0 Å². The molecule has 4 rings (SSSR count). The topological polar surface area (TPSA) is 59.2 Å². The number of hydrogen-bond donors (Lipinski definition) is 2. The van der Waals surface area contributed by atoms with Crippen LogP contribution in [0.25, 0.3) is 11.3 Å². The van der Waals surface area contributed by atoms with Crippen LogP contribution >= 0.6 is 0 Å². The Hall–Kier alpha value is -3.02. The summed E-state index contributed by atoms with van der Waals surface area (Å²) >= 11 is 0. The number of methoxy groups -OCH3 is 2. The van der Waals surface area contributed by atoms with Crippen molar-refractivity contribution in [1.82, 2.24) is 10.2 Å². The highest BCUT2D eigenvalue weighted by Crippen LogP contribution is 2.39. The molecule has 5 nitrogen and oxygen atoms in total. The van der Waals surface area contributed by atoms with Gasteiger partial charge >= 0.3 is 0 Å². The fraction of sp³-hybridized carbons (Fsp3) is 0.211. The van der Waals surface area contributed by atoms with Crippen molar-refractivity contribution in [2.45, 2.75) is 13.0 Å². The van der Waals surface area contributed by atoms with Gasteiger partial charge in [-0.2, -0.15) is 5.10 Å².